The number of aliphatic hydroxyl groups is 1. The third-order valence-corrected chi connectivity index (χ3v) is 7.44. The zero-order valence-corrected chi connectivity index (χ0v) is 23.9. The number of carbonyl (C=O) groups is 2. The molecule has 0 radical (unpaired) electrons. The summed E-state index contributed by atoms with van der Waals surface area (Å²) in [7, 11) is 3.14. The van der Waals surface area contributed by atoms with Gasteiger partial charge in [0.25, 0.3) is 11.7 Å². The van der Waals surface area contributed by atoms with Gasteiger partial charge in [0.05, 0.1) is 45.7 Å². The molecule has 0 spiro atoms. The summed E-state index contributed by atoms with van der Waals surface area (Å²) in [6, 6.07) is 9.84. The minimum atomic E-state index is -0.773. The van der Waals surface area contributed by atoms with E-state index in [9.17, 15) is 14.7 Å². The number of methoxy groups -OCH3 is 2. The smallest absolute Gasteiger partial charge is 0.295 e. The van der Waals surface area contributed by atoms with E-state index in [2.05, 4.69) is 11.8 Å². The molecule has 0 bridgehead atoms. The molecule has 40 heavy (non-hydrogen) atoms. The second kappa shape index (κ2) is 13.7. The van der Waals surface area contributed by atoms with Crippen molar-refractivity contribution in [3.8, 4) is 17.2 Å². The highest BCUT2D eigenvalue weighted by atomic mass is 16.5. The number of ether oxygens (including phenoxy) is 4. The van der Waals surface area contributed by atoms with Gasteiger partial charge in [-0.3, -0.25) is 14.5 Å². The van der Waals surface area contributed by atoms with Crippen LogP contribution in [0.15, 0.2) is 42.0 Å². The van der Waals surface area contributed by atoms with Crippen LogP contribution in [0.2, 0.25) is 0 Å². The van der Waals surface area contributed by atoms with E-state index < -0.39 is 17.7 Å². The highest BCUT2D eigenvalue weighted by Gasteiger charge is 2.46. The summed E-state index contributed by atoms with van der Waals surface area (Å²) in [5.74, 6) is 0.222. The van der Waals surface area contributed by atoms with Gasteiger partial charge in [0.1, 0.15) is 11.5 Å². The molecule has 2 heterocycles. The van der Waals surface area contributed by atoms with Gasteiger partial charge in [0.15, 0.2) is 11.5 Å². The van der Waals surface area contributed by atoms with Crippen molar-refractivity contribution in [1.29, 1.82) is 0 Å². The Morgan fingerprint density at radius 1 is 0.975 bits per heavy atom. The largest absolute Gasteiger partial charge is 0.507 e. The van der Waals surface area contributed by atoms with Crippen molar-refractivity contribution in [3.05, 3.63) is 58.7 Å². The highest BCUT2D eigenvalue weighted by molar-refractivity contribution is 6.46. The highest BCUT2D eigenvalue weighted by Crippen LogP contribution is 2.42. The van der Waals surface area contributed by atoms with Crippen LogP contribution in [0, 0.1) is 6.92 Å². The summed E-state index contributed by atoms with van der Waals surface area (Å²) >= 11 is 0. The van der Waals surface area contributed by atoms with Crippen molar-refractivity contribution < 1.29 is 33.6 Å². The first-order valence-corrected chi connectivity index (χ1v) is 13.9. The molecule has 1 amide bonds. The average Bonchev–Trinajstić information content (AvgIpc) is 3.22. The Hall–Kier alpha value is -3.56. The molecule has 2 fully saturated rings. The maximum absolute atomic E-state index is 13.5. The monoisotopic (exact) mass is 552 g/mol. The number of benzene rings is 2. The Labute approximate surface area is 236 Å². The van der Waals surface area contributed by atoms with Crippen molar-refractivity contribution in [1.82, 2.24) is 9.80 Å². The van der Waals surface area contributed by atoms with E-state index >= 15 is 0 Å². The second-order valence-corrected chi connectivity index (χ2v) is 10.1. The van der Waals surface area contributed by atoms with Gasteiger partial charge in [-0.2, -0.15) is 0 Å². The number of morpholine rings is 1. The van der Waals surface area contributed by atoms with E-state index in [4.69, 9.17) is 18.9 Å². The van der Waals surface area contributed by atoms with Crippen LogP contribution in [-0.4, -0.2) is 86.8 Å². The molecule has 216 valence electrons. The van der Waals surface area contributed by atoms with E-state index in [0.29, 0.717) is 61.2 Å². The maximum Gasteiger partial charge on any atom is 0.295 e. The summed E-state index contributed by atoms with van der Waals surface area (Å²) in [4.78, 5) is 30.7. The number of nitrogens with zero attached hydrogens (tertiary/aromatic N) is 2. The van der Waals surface area contributed by atoms with Gasteiger partial charge in [-0.15, -0.1) is 0 Å². The molecule has 1 atom stereocenters. The molecule has 1 unspecified atom stereocenters. The summed E-state index contributed by atoms with van der Waals surface area (Å²) in [5.41, 5.74) is 1.97. The van der Waals surface area contributed by atoms with E-state index in [1.807, 2.05) is 13.0 Å². The van der Waals surface area contributed by atoms with E-state index in [1.54, 1.807) is 49.5 Å². The first kappa shape index (κ1) is 29.4. The fourth-order valence-electron chi connectivity index (χ4n) is 5.23. The molecule has 9 heteroatoms. The fourth-order valence-corrected chi connectivity index (χ4v) is 5.23. The predicted octanol–water partition coefficient (Wildman–Crippen LogP) is 4.34. The molecular formula is C31H40N2O7. The van der Waals surface area contributed by atoms with Crippen LogP contribution in [0.3, 0.4) is 0 Å². The van der Waals surface area contributed by atoms with Crippen molar-refractivity contribution in [2.24, 2.45) is 0 Å². The quantitative estimate of drug-likeness (QED) is 0.180. The number of carbonyl (C=O) groups excluding carboxylic acids is 2. The van der Waals surface area contributed by atoms with E-state index in [0.717, 1.165) is 38.0 Å². The lowest BCUT2D eigenvalue weighted by atomic mass is 9.94. The molecule has 2 aliphatic rings. The molecular weight excluding hydrogens is 512 g/mol. The van der Waals surface area contributed by atoms with Crippen molar-refractivity contribution in [3.63, 3.8) is 0 Å². The molecule has 0 aromatic heterocycles. The Bertz CT molecular complexity index is 1240. The Kier molecular flexibility index (Phi) is 10.1. The molecule has 9 nitrogen and oxygen atoms in total. The standard InChI is InChI=1S/C31H40N2O7/c1-5-6-16-40-25-11-8-22(20-26(25)38-4)28-27(29(34)23-9-10-24(37-3)21(2)19-23)30(35)31(36)33(28)13-7-12-32-14-17-39-18-15-32/h8-11,19-20,28,34H,5-7,12-18H2,1-4H3/b29-27+. The number of rotatable bonds is 12. The number of hydrogen-bond donors (Lipinski definition) is 1. The predicted molar refractivity (Wildman–Crippen MR) is 152 cm³/mol. The SMILES string of the molecule is CCCCOc1ccc(C2/C(=C(\O)c3ccc(OC)c(C)c3)C(=O)C(=O)N2CCCN2CCOCC2)cc1OC. The van der Waals surface area contributed by atoms with Crippen molar-refractivity contribution in [2.75, 3.05) is 60.2 Å². The molecule has 2 saturated heterocycles. The number of ketones is 1. The number of hydrogen-bond acceptors (Lipinski definition) is 8. The minimum Gasteiger partial charge on any atom is -0.507 e. The normalized spacial score (nSPS) is 19.2. The van der Waals surface area contributed by atoms with E-state index in [1.165, 1.54) is 0 Å². The van der Waals surface area contributed by atoms with Crippen LogP contribution in [0.25, 0.3) is 5.76 Å². The fraction of sp³-hybridized carbons (Fsp3) is 0.484. The van der Waals surface area contributed by atoms with Crippen molar-refractivity contribution in [2.45, 2.75) is 39.2 Å². The Morgan fingerprint density at radius 3 is 2.38 bits per heavy atom. The van der Waals surface area contributed by atoms with Gasteiger partial charge in [0, 0.05) is 31.7 Å². The van der Waals surface area contributed by atoms with Crippen LogP contribution >= 0.6 is 0 Å². The van der Waals surface area contributed by atoms with Crippen molar-refractivity contribution >= 4 is 17.4 Å². The number of unbranched alkanes of at least 4 members (excludes halogenated alkanes) is 1. The summed E-state index contributed by atoms with van der Waals surface area (Å²) in [5, 5.41) is 11.5. The van der Waals surface area contributed by atoms with Crippen LogP contribution in [-0.2, 0) is 14.3 Å². The molecule has 2 aliphatic heterocycles. The zero-order chi connectivity index (χ0) is 28.6. The number of Topliss-reactive ketones (excluding diaryl/α,β-unsaturated/α-hetero) is 1. The third-order valence-electron chi connectivity index (χ3n) is 7.44. The van der Waals surface area contributed by atoms with Gasteiger partial charge < -0.3 is 29.0 Å². The molecule has 2 aromatic rings. The lowest BCUT2D eigenvalue weighted by Gasteiger charge is -2.29. The van der Waals surface area contributed by atoms with Crippen LogP contribution < -0.4 is 14.2 Å². The van der Waals surface area contributed by atoms with Gasteiger partial charge in [-0.1, -0.05) is 19.4 Å². The van der Waals surface area contributed by atoms with Gasteiger partial charge in [-0.05, 0) is 61.2 Å². The first-order valence-electron chi connectivity index (χ1n) is 13.9. The summed E-state index contributed by atoms with van der Waals surface area (Å²) < 4.78 is 22.3. The minimum absolute atomic E-state index is 0.0580. The van der Waals surface area contributed by atoms with Gasteiger partial charge >= 0.3 is 0 Å². The second-order valence-electron chi connectivity index (χ2n) is 10.1. The first-order chi connectivity index (χ1) is 19.4. The van der Waals surface area contributed by atoms with Crippen LogP contribution in [0.5, 0.6) is 17.2 Å². The Morgan fingerprint density at radius 2 is 1.70 bits per heavy atom. The zero-order valence-electron chi connectivity index (χ0n) is 23.9. The number of likely N-dealkylation sites (tertiary alicyclic amines) is 1. The number of aliphatic hydroxyl groups excluding tert-OH is 1. The molecule has 2 aromatic carbocycles. The third kappa shape index (κ3) is 6.42. The maximum atomic E-state index is 13.5. The average molecular weight is 553 g/mol. The molecule has 0 aliphatic carbocycles. The van der Waals surface area contributed by atoms with E-state index in [-0.39, 0.29) is 11.3 Å². The summed E-state index contributed by atoms with van der Waals surface area (Å²) in [6.07, 6.45) is 2.60. The number of aryl methyl sites for hydroxylation is 1. The lowest BCUT2D eigenvalue weighted by molar-refractivity contribution is -0.140. The molecule has 4 rings (SSSR count). The van der Waals surface area contributed by atoms with Gasteiger partial charge in [0.2, 0.25) is 0 Å². The molecule has 1 N–H and O–H groups in total. The number of amides is 1. The lowest BCUT2D eigenvalue weighted by Crippen LogP contribution is -2.39. The summed E-state index contributed by atoms with van der Waals surface area (Å²) in [6.45, 7) is 8.73. The van der Waals surface area contributed by atoms with Gasteiger partial charge in [-0.25, -0.2) is 0 Å². The van der Waals surface area contributed by atoms with Crippen LogP contribution in [0.1, 0.15) is 48.9 Å². The van der Waals surface area contributed by atoms with Crippen LogP contribution in [0.4, 0.5) is 0 Å². The topological polar surface area (TPSA) is 97.8 Å². The molecule has 0 saturated carbocycles. The Balaban J connectivity index is 1.72.